The van der Waals surface area contributed by atoms with Crippen LogP contribution in [0.3, 0.4) is 0 Å². The van der Waals surface area contributed by atoms with Crippen LogP contribution in [-0.4, -0.2) is 35.5 Å². The summed E-state index contributed by atoms with van der Waals surface area (Å²) in [6.07, 6.45) is 3.23. The minimum Gasteiger partial charge on any atom is -0.390 e. The van der Waals surface area contributed by atoms with Gasteiger partial charge in [-0.1, -0.05) is 81.8 Å². The van der Waals surface area contributed by atoms with Gasteiger partial charge in [-0.05, 0) is 73.1 Å². The van der Waals surface area contributed by atoms with Crippen LogP contribution in [0, 0.1) is 12.8 Å². The number of aryl methyl sites for hydroxylation is 2. The van der Waals surface area contributed by atoms with Crippen molar-refractivity contribution in [2.45, 2.75) is 78.5 Å². The summed E-state index contributed by atoms with van der Waals surface area (Å²) in [5, 5.41) is 17.6. The fourth-order valence-corrected chi connectivity index (χ4v) is 5.03. The molecule has 3 aromatic carbocycles. The van der Waals surface area contributed by atoms with Crippen LogP contribution in [0.15, 0.2) is 72.8 Å². The second kappa shape index (κ2) is 15.3. The highest BCUT2D eigenvalue weighted by Crippen LogP contribution is 2.20. The molecule has 3 atom stereocenters. The maximum atomic E-state index is 13.5. The van der Waals surface area contributed by atoms with Crippen molar-refractivity contribution in [1.29, 1.82) is 0 Å². The van der Waals surface area contributed by atoms with E-state index >= 15 is 0 Å². The molecule has 39 heavy (non-hydrogen) atoms. The van der Waals surface area contributed by atoms with Crippen LogP contribution in [0.4, 0.5) is 0 Å². The fourth-order valence-electron chi connectivity index (χ4n) is 5.03. The van der Waals surface area contributed by atoms with E-state index in [2.05, 4.69) is 48.7 Å². The molecule has 0 saturated heterocycles. The third-order valence-electron chi connectivity index (χ3n) is 7.29. The third-order valence-corrected chi connectivity index (χ3v) is 7.29. The van der Waals surface area contributed by atoms with Crippen molar-refractivity contribution in [3.05, 3.63) is 106 Å². The van der Waals surface area contributed by atoms with Gasteiger partial charge in [-0.15, -0.1) is 0 Å². The van der Waals surface area contributed by atoms with E-state index in [4.69, 9.17) is 0 Å². The lowest BCUT2D eigenvalue weighted by molar-refractivity contribution is 0.0830. The normalized spacial score (nSPS) is 13.5. The molecule has 0 radical (unpaired) electrons. The Hall–Kier alpha value is -3.28. The van der Waals surface area contributed by atoms with Crippen molar-refractivity contribution < 1.29 is 14.7 Å². The Morgan fingerprint density at radius 1 is 0.846 bits per heavy atom. The third kappa shape index (κ3) is 9.15. The number of rotatable bonds is 15. The fraction of sp³-hybridized carbons (Fsp3) is 0.412. The molecule has 0 spiro atoms. The number of amides is 1. The van der Waals surface area contributed by atoms with E-state index in [-0.39, 0.29) is 17.6 Å². The van der Waals surface area contributed by atoms with Crippen LogP contribution in [0.5, 0.6) is 0 Å². The number of benzene rings is 3. The van der Waals surface area contributed by atoms with Gasteiger partial charge in [0, 0.05) is 30.1 Å². The monoisotopic (exact) mass is 528 g/mol. The zero-order valence-corrected chi connectivity index (χ0v) is 23.9. The molecule has 1 unspecified atom stereocenters. The Kier molecular flexibility index (Phi) is 11.9. The molecule has 0 fully saturated rings. The lowest BCUT2D eigenvalue weighted by Gasteiger charge is -2.25. The van der Waals surface area contributed by atoms with Crippen LogP contribution in [0.2, 0.25) is 0 Å². The van der Waals surface area contributed by atoms with Crippen molar-refractivity contribution >= 4 is 11.7 Å². The van der Waals surface area contributed by atoms with Gasteiger partial charge in [0.25, 0.3) is 5.91 Å². The minimum atomic E-state index is -0.802. The smallest absolute Gasteiger partial charge is 0.251 e. The molecule has 5 heteroatoms. The summed E-state index contributed by atoms with van der Waals surface area (Å²) in [4.78, 5) is 26.6. The molecule has 5 nitrogen and oxygen atoms in total. The Bertz CT molecular complexity index is 1210. The van der Waals surface area contributed by atoms with Gasteiger partial charge in [0.15, 0.2) is 5.78 Å². The van der Waals surface area contributed by atoms with Gasteiger partial charge in [0.05, 0.1) is 12.1 Å². The highest BCUT2D eigenvalue weighted by Gasteiger charge is 2.24. The van der Waals surface area contributed by atoms with Crippen LogP contribution >= 0.6 is 0 Å². The van der Waals surface area contributed by atoms with Crippen molar-refractivity contribution in [2.75, 3.05) is 6.54 Å². The topological polar surface area (TPSA) is 78.4 Å². The maximum absolute atomic E-state index is 13.5. The lowest BCUT2D eigenvalue weighted by atomic mass is 9.90. The molecule has 0 aliphatic carbocycles. The first-order valence-corrected chi connectivity index (χ1v) is 14.3. The van der Waals surface area contributed by atoms with E-state index in [0.29, 0.717) is 30.6 Å². The molecule has 1 amide bonds. The first kappa shape index (κ1) is 30.3. The average Bonchev–Trinajstić information content (AvgIpc) is 2.95. The van der Waals surface area contributed by atoms with Crippen LogP contribution < -0.4 is 10.6 Å². The van der Waals surface area contributed by atoms with Crippen LogP contribution in [0.25, 0.3) is 0 Å². The van der Waals surface area contributed by atoms with Gasteiger partial charge in [-0.3, -0.25) is 9.59 Å². The predicted octanol–water partition coefficient (Wildman–Crippen LogP) is 6.06. The summed E-state index contributed by atoms with van der Waals surface area (Å²) in [6, 6.07) is 23.1. The number of hydrogen-bond donors (Lipinski definition) is 3. The van der Waals surface area contributed by atoms with Crippen molar-refractivity contribution in [3.63, 3.8) is 0 Å². The Labute approximate surface area is 234 Å². The number of carbonyl (C=O) groups is 2. The lowest BCUT2D eigenvalue weighted by Crippen LogP contribution is -2.48. The molecule has 3 aromatic rings. The van der Waals surface area contributed by atoms with Crippen LogP contribution in [0.1, 0.15) is 83.0 Å². The standard InChI is InChI=1S/C34H44N2O3/c1-5-12-28(7-3)33(38)29-17-24(4)18-30(21-29)34(39)36-31(20-26-13-9-8-10-14-26)32(37)23-35-22-27-16-11-15-25(6-2)19-27/h8-11,13-19,21,28,31-32,35,37H,5-7,12,20,22-23H2,1-4H3,(H,36,39)/t28?,31-,32+/m0/s1. The average molecular weight is 529 g/mol. The predicted molar refractivity (Wildman–Crippen MR) is 159 cm³/mol. The van der Waals surface area contributed by atoms with Gasteiger partial charge in [0.1, 0.15) is 0 Å². The molecule has 0 aliphatic rings. The summed E-state index contributed by atoms with van der Waals surface area (Å²) >= 11 is 0. The van der Waals surface area contributed by atoms with E-state index in [1.807, 2.05) is 50.2 Å². The Morgan fingerprint density at radius 2 is 1.54 bits per heavy atom. The van der Waals surface area contributed by atoms with E-state index in [1.54, 1.807) is 12.1 Å². The SMILES string of the molecule is CCCC(CC)C(=O)c1cc(C)cc(C(=O)N[C@@H](Cc2ccccc2)[C@H](O)CNCc2cccc(CC)c2)c1. The molecule has 0 bridgehead atoms. The minimum absolute atomic E-state index is 0.0375. The second-order valence-corrected chi connectivity index (χ2v) is 10.5. The van der Waals surface area contributed by atoms with Crippen LogP contribution in [-0.2, 0) is 19.4 Å². The number of carbonyl (C=O) groups excluding carboxylic acids is 2. The zero-order chi connectivity index (χ0) is 28.2. The van der Waals surface area contributed by atoms with Gasteiger partial charge in [-0.25, -0.2) is 0 Å². The first-order valence-electron chi connectivity index (χ1n) is 14.3. The Morgan fingerprint density at radius 3 is 2.23 bits per heavy atom. The van der Waals surface area contributed by atoms with Gasteiger partial charge in [-0.2, -0.15) is 0 Å². The molecular formula is C34H44N2O3. The number of aliphatic hydroxyl groups is 1. The Balaban J connectivity index is 1.74. The maximum Gasteiger partial charge on any atom is 0.251 e. The summed E-state index contributed by atoms with van der Waals surface area (Å²) in [5.74, 6) is -0.231. The largest absolute Gasteiger partial charge is 0.390 e. The molecule has 208 valence electrons. The van der Waals surface area contributed by atoms with Crippen molar-refractivity contribution in [3.8, 4) is 0 Å². The summed E-state index contributed by atoms with van der Waals surface area (Å²) in [5.41, 5.74) is 5.36. The summed E-state index contributed by atoms with van der Waals surface area (Å²) < 4.78 is 0. The number of ketones is 1. The molecule has 0 aromatic heterocycles. The number of aliphatic hydroxyl groups excluding tert-OH is 1. The van der Waals surface area contributed by atoms with E-state index < -0.39 is 12.1 Å². The zero-order valence-electron chi connectivity index (χ0n) is 23.9. The molecule has 3 rings (SSSR count). The first-order chi connectivity index (χ1) is 18.8. The van der Waals surface area contributed by atoms with Gasteiger partial charge in [0.2, 0.25) is 0 Å². The molecule has 0 saturated carbocycles. The molecule has 3 N–H and O–H groups in total. The highest BCUT2D eigenvalue weighted by molar-refractivity contribution is 6.02. The summed E-state index contributed by atoms with van der Waals surface area (Å²) in [6.45, 7) is 9.12. The number of Topliss-reactive ketones (excluding diaryl/α,β-unsaturated/α-hetero) is 1. The van der Waals surface area contributed by atoms with E-state index in [9.17, 15) is 14.7 Å². The summed E-state index contributed by atoms with van der Waals surface area (Å²) in [7, 11) is 0. The molecular weight excluding hydrogens is 484 g/mol. The second-order valence-electron chi connectivity index (χ2n) is 10.5. The quantitative estimate of drug-likeness (QED) is 0.210. The van der Waals surface area contributed by atoms with Gasteiger partial charge >= 0.3 is 0 Å². The van der Waals surface area contributed by atoms with Crippen molar-refractivity contribution in [1.82, 2.24) is 10.6 Å². The van der Waals surface area contributed by atoms with Crippen molar-refractivity contribution in [2.24, 2.45) is 5.92 Å². The molecule has 0 heterocycles. The number of hydrogen-bond acceptors (Lipinski definition) is 4. The van der Waals surface area contributed by atoms with Gasteiger partial charge < -0.3 is 15.7 Å². The molecule has 0 aliphatic heterocycles. The highest BCUT2D eigenvalue weighted by atomic mass is 16.3. The van der Waals surface area contributed by atoms with E-state index in [0.717, 1.165) is 42.4 Å². The van der Waals surface area contributed by atoms with E-state index in [1.165, 1.54) is 5.56 Å². The number of nitrogens with one attached hydrogen (secondary N) is 2.